The molecular formula is C22H24ClN3O2S2. The second-order valence-corrected chi connectivity index (χ2v) is 9.43. The van der Waals surface area contributed by atoms with Crippen LogP contribution in [0.1, 0.15) is 16.8 Å². The van der Waals surface area contributed by atoms with E-state index < -0.39 is 0 Å². The molecule has 1 aromatic heterocycles. The van der Waals surface area contributed by atoms with Gasteiger partial charge >= 0.3 is 0 Å². The summed E-state index contributed by atoms with van der Waals surface area (Å²) in [6.07, 6.45) is 2.91. The molecule has 158 valence electrons. The third-order valence-corrected chi connectivity index (χ3v) is 7.13. The molecule has 1 aliphatic rings. The van der Waals surface area contributed by atoms with Crippen molar-refractivity contribution in [2.24, 2.45) is 0 Å². The molecule has 0 radical (unpaired) electrons. The fraction of sp³-hybridized carbons (Fsp3) is 0.364. The maximum absolute atomic E-state index is 13.4. The predicted molar refractivity (Wildman–Crippen MR) is 126 cm³/mol. The number of thioether (sulfide) groups is 1. The highest BCUT2D eigenvalue weighted by atomic mass is 35.5. The summed E-state index contributed by atoms with van der Waals surface area (Å²) in [4.78, 5) is 23.5. The van der Waals surface area contributed by atoms with Gasteiger partial charge in [-0.2, -0.15) is 0 Å². The fourth-order valence-corrected chi connectivity index (χ4v) is 5.13. The zero-order valence-electron chi connectivity index (χ0n) is 16.8. The van der Waals surface area contributed by atoms with E-state index in [0.29, 0.717) is 22.3 Å². The second-order valence-electron chi connectivity index (χ2n) is 7.10. The molecule has 0 spiro atoms. The van der Waals surface area contributed by atoms with Crippen molar-refractivity contribution in [3.8, 4) is 0 Å². The van der Waals surface area contributed by atoms with Crippen molar-refractivity contribution in [2.75, 3.05) is 50.5 Å². The van der Waals surface area contributed by atoms with Crippen LogP contribution in [0.15, 0.2) is 47.4 Å². The van der Waals surface area contributed by atoms with Gasteiger partial charge in [0.15, 0.2) is 5.13 Å². The standard InChI is InChI=1S/C22H24ClN3O2S2/c1-29-18-6-3-16(4-7-18)21(27)26(10-2-9-25-11-13-28-14-12-25)22-24-19-8-5-17(23)15-20(19)30-22/h3-8,15H,2,9-14H2,1H3. The summed E-state index contributed by atoms with van der Waals surface area (Å²) < 4.78 is 6.41. The molecule has 3 aromatic rings. The number of amides is 1. The summed E-state index contributed by atoms with van der Waals surface area (Å²) in [6, 6.07) is 13.4. The van der Waals surface area contributed by atoms with E-state index in [2.05, 4.69) is 4.90 Å². The summed E-state index contributed by atoms with van der Waals surface area (Å²) in [7, 11) is 0. The highest BCUT2D eigenvalue weighted by Gasteiger charge is 2.22. The monoisotopic (exact) mass is 461 g/mol. The van der Waals surface area contributed by atoms with Crippen LogP contribution in [0.2, 0.25) is 5.02 Å². The molecule has 0 aliphatic carbocycles. The van der Waals surface area contributed by atoms with Crippen LogP contribution in [0, 0.1) is 0 Å². The smallest absolute Gasteiger partial charge is 0.260 e. The number of thiazole rings is 1. The van der Waals surface area contributed by atoms with Crippen molar-refractivity contribution in [2.45, 2.75) is 11.3 Å². The number of rotatable bonds is 7. The number of carbonyl (C=O) groups is 1. The van der Waals surface area contributed by atoms with Crippen molar-refractivity contribution in [3.63, 3.8) is 0 Å². The topological polar surface area (TPSA) is 45.7 Å². The van der Waals surface area contributed by atoms with E-state index in [9.17, 15) is 4.79 Å². The minimum Gasteiger partial charge on any atom is -0.379 e. The van der Waals surface area contributed by atoms with E-state index >= 15 is 0 Å². The van der Waals surface area contributed by atoms with Gasteiger partial charge in [-0.25, -0.2) is 4.98 Å². The number of hydrogen-bond acceptors (Lipinski definition) is 6. The van der Waals surface area contributed by atoms with E-state index in [4.69, 9.17) is 21.3 Å². The SMILES string of the molecule is CSc1ccc(C(=O)N(CCCN2CCOCC2)c2nc3ccc(Cl)cc3s2)cc1. The molecule has 5 nitrogen and oxygen atoms in total. The minimum atomic E-state index is -0.0187. The van der Waals surface area contributed by atoms with Gasteiger partial charge in [0.05, 0.1) is 23.4 Å². The molecule has 1 amide bonds. The summed E-state index contributed by atoms with van der Waals surface area (Å²) in [5.74, 6) is -0.0187. The molecular weight excluding hydrogens is 438 g/mol. The molecule has 4 rings (SSSR count). The normalized spacial score (nSPS) is 14.9. The van der Waals surface area contributed by atoms with Crippen LogP contribution in [-0.4, -0.2) is 61.4 Å². The van der Waals surface area contributed by atoms with Crippen LogP contribution in [0.25, 0.3) is 10.2 Å². The number of hydrogen-bond donors (Lipinski definition) is 0. The summed E-state index contributed by atoms with van der Waals surface area (Å²) >= 11 is 9.32. The molecule has 30 heavy (non-hydrogen) atoms. The Hall–Kier alpha value is -1.64. The van der Waals surface area contributed by atoms with Gasteiger partial charge in [0.1, 0.15) is 0 Å². The van der Waals surface area contributed by atoms with E-state index in [1.54, 1.807) is 11.8 Å². The highest BCUT2D eigenvalue weighted by molar-refractivity contribution is 7.98. The number of aromatic nitrogens is 1. The maximum Gasteiger partial charge on any atom is 0.260 e. The van der Waals surface area contributed by atoms with Gasteiger partial charge < -0.3 is 4.74 Å². The van der Waals surface area contributed by atoms with Crippen molar-refractivity contribution >= 4 is 56.0 Å². The first kappa shape index (κ1) is 21.6. The van der Waals surface area contributed by atoms with Gasteiger partial charge in [0.25, 0.3) is 5.91 Å². The van der Waals surface area contributed by atoms with Crippen LogP contribution in [0.5, 0.6) is 0 Å². The molecule has 0 atom stereocenters. The summed E-state index contributed by atoms with van der Waals surface area (Å²) in [5.41, 5.74) is 1.54. The van der Waals surface area contributed by atoms with Gasteiger partial charge in [-0.1, -0.05) is 22.9 Å². The Bertz CT molecular complexity index is 1000. The maximum atomic E-state index is 13.4. The molecule has 2 heterocycles. The van der Waals surface area contributed by atoms with Crippen LogP contribution in [-0.2, 0) is 4.74 Å². The molecule has 1 fully saturated rings. The van der Waals surface area contributed by atoms with Crippen molar-refractivity contribution in [3.05, 3.63) is 53.1 Å². The van der Waals surface area contributed by atoms with E-state index in [1.165, 1.54) is 11.3 Å². The quantitative estimate of drug-likeness (QED) is 0.461. The molecule has 0 bridgehead atoms. The molecule has 2 aromatic carbocycles. The Morgan fingerprint density at radius 2 is 2.00 bits per heavy atom. The Morgan fingerprint density at radius 1 is 1.23 bits per heavy atom. The van der Waals surface area contributed by atoms with E-state index in [-0.39, 0.29) is 5.91 Å². The number of benzene rings is 2. The third kappa shape index (κ3) is 5.15. The fourth-order valence-electron chi connectivity index (χ4n) is 3.45. The van der Waals surface area contributed by atoms with Crippen LogP contribution < -0.4 is 4.90 Å². The molecule has 1 aliphatic heterocycles. The Balaban J connectivity index is 1.56. The zero-order chi connectivity index (χ0) is 20.9. The molecule has 0 saturated carbocycles. The number of anilines is 1. The van der Waals surface area contributed by atoms with Crippen LogP contribution >= 0.6 is 34.7 Å². The van der Waals surface area contributed by atoms with Gasteiger partial charge in [-0.05, 0) is 55.1 Å². The predicted octanol–water partition coefficient (Wildman–Crippen LogP) is 5.04. The Kier molecular flexibility index (Phi) is 7.28. The molecule has 8 heteroatoms. The Labute approximate surface area is 190 Å². The molecule has 1 saturated heterocycles. The van der Waals surface area contributed by atoms with Crippen molar-refractivity contribution in [1.82, 2.24) is 9.88 Å². The number of halogens is 1. The highest BCUT2D eigenvalue weighted by Crippen LogP contribution is 2.32. The zero-order valence-corrected chi connectivity index (χ0v) is 19.2. The molecule has 0 N–H and O–H groups in total. The summed E-state index contributed by atoms with van der Waals surface area (Å²) in [6.45, 7) is 5.02. The van der Waals surface area contributed by atoms with E-state index in [0.717, 1.165) is 54.4 Å². The van der Waals surface area contributed by atoms with Crippen molar-refractivity contribution in [1.29, 1.82) is 0 Å². The van der Waals surface area contributed by atoms with Crippen molar-refractivity contribution < 1.29 is 9.53 Å². The lowest BCUT2D eigenvalue weighted by atomic mass is 10.2. The Morgan fingerprint density at radius 3 is 2.73 bits per heavy atom. The number of ether oxygens (including phenoxy) is 1. The van der Waals surface area contributed by atoms with Gasteiger partial charge in [0, 0.05) is 41.7 Å². The number of carbonyl (C=O) groups excluding carboxylic acids is 1. The first-order valence-corrected chi connectivity index (χ1v) is 12.4. The lowest BCUT2D eigenvalue weighted by Crippen LogP contribution is -2.39. The lowest BCUT2D eigenvalue weighted by molar-refractivity contribution is 0.0376. The average molecular weight is 462 g/mol. The van der Waals surface area contributed by atoms with Crippen LogP contribution in [0.3, 0.4) is 0 Å². The van der Waals surface area contributed by atoms with E-state index in [1.807, 2.05) is 53.6 Å². The lowest BCUT2D eigenvalue weighted by Gasteiger charge is -2.27. The van der Waals surface area contributed by atoms with Gasteiger partial charge in [-0.3, -0.25) is 14.6 Å². The van der Waals surface area contributed by atoms with Gasteiger partial charge in [0.2, 0.25) is 0 Å². The van der Waals surface area contributed by atoms with Crippen LogP contribution in [0.4, 0.5) is 5.13 Å². The number of fused-ring (bicyclic) bond motifs is 1. The first-order valence-electron chi connectivity index (χ1n) is 9.96. The third-order valence-electron chi connectivity index (χ3n) is 5.11. The number of nitrogens with zero attached hydrogens (tertiary/aromatic N) is 3. The average Bonchev–Trinajstić information content (AvgIpc) is 3.20. The minimum absolute atomic E-state index is 0.0187. The molecule has 0 unspecified atom stereocenters. The first-order chi connectivity index (χ1) is 14.6. The largest absolute Gasteiger partial charge is 0.379 e. The second kappa shape index (κ2) is 10.1. The van der Waals surface area contributed by atoms with Gasteiger partial charge in [-0.15, -0.1) is 11.8 Å². The summed E-state index contributed by atoms with van der Waals surface area (Å²) in [5, 5.41) is 1.39. The number of morpholine rings is 1.